The number of hydrogen-bond donors (Lipinski definition) is 0. The Kier molecular flexibility index (Phi) is 3.75. The van der Waals surface area contributed by atoms with E-state index < -0.39 is 5.15 Å². The van der Waals surface area contributed by atoms with Crippen molar-refractivity contribution in [3.8, 4) is 0 Å². The van der Waals surface area contributed by atoms with Gasteiger partial charge in [-0.05, 0) is 6.26 Å². The molecule has 0 heterocycles. The standard InChI is InChI=1S/C3H9FP2S/c1-7-2-3(4,5)6/h2,5-6H2,1H3. The van der Waals surface area contributed by atoms with Crippen molar-refractivity contribution in [1.82, 2.24) is 0 Å². The molecular formula is C3H9FP2S. The van der Waals surface area contributed by atoms with E-state index in [2.05, 4.69) is 18.5 Å². The summed E-state index contributed by atoms with van der Waals surface area (Å²) >= 11 is 1.49. The fourth-order valence-corrected chi connectivity index (χ4v) is 1.66. The Bertz CT molecular complexity index is 51.4. The van der Waals surface area contributed by atoms with Gasteiger partial charge in [0, 0.05) is 5.75 Å². The smallest absolute Gasteiger partial charge is 0.145 e. The minimum absolute atomic E-state index is 0.516. The molecule has 0 aliphatic rings. The first-order chi connectivity index (χ1) is 3.06. The molecule has 0 saturated carbocycles. The molecule has 0 aliphatic heterocycles. The highest BCUT2D eigenvalue weighted by atomic mass is 32.2. The minimum Gasteiger partial charge on any atom is -0.234 e. The summed E-state index contributed by atoms with van der Waals surface area (Å²) in [5, 5.41) is -1.15. The maximum absolute atomic E-state index is 12.3. The van der Waals surface area contributed by atoms with Gasteiger partial charge in [-0.1, -0.05) is 18.5 Å². The van der Waals surface area contributed by atoms with Gasteiger partial charge >= 0.3 is 0 Å². The lowest BCUT2D eigenvalue weighted by atomic mass is 10.9. The highest BCUT2D eigenvalue weighted by Crippen LogP contribution is 2.30. The van der Waals surface area contributed by atoms with Crippen LogP contribution in [0.15, 0.2) is 0 Å². The number of alkyl halides is 1. The van der Waals surface area contributed by atoms with Crippen LogP contribution in [0.4, 0.5) is 4.39 Å². The van der Waals surface area contributed by atoms with E-state index in [1.165, 1.54) is 11.8 Å². The lowest BCUT2D eigenvalue weighted by Gasteiger charge is -2.09. The molecule has 4 heteroatoms. The van der Waals surface area contributed by atoms with Crippen LogP contribution in [0.25, 0.3) is 0 Å². The molecule has 2 atom stereocenters. The van der Waals surface area contributed by atoms with Crippen LogP contribution >= 0.6 is 30.2 Å². The van der Waals surface area contributed by atoms with Crippen molar-refractivity contribution < 1.29 is 4.39 Å². The second-order valence-electron chi connectivity index (χ2n) is 1.36. The maximum Gasteiger partial charge on any atom is 0.145 e. The Morgan fingerprint density at radius 3 is 2.14 bits per heavy atom. The highest BCUT2D eigenvalue weighted by Gasteiger charge is 2.12. The van der Waals surface area contributed by atoms with E-state index in [1.807, 2.05) is 6.26 Å². The summed E-state index contributed by atoms with van der Waals surface area (Å²) in [4.78, 5) is 0. The summed E-state index contributed by atoms with van der Waals surface area (Å²) in [5.41, 5.74) is 0. The zero-order chi connectivity index (χ0) is 5.91. The number of rotatable bonds is 2. The van der Waals surface area contributed by atoms with Crippen molar-refractivity contribution in [2.45, 2.75) is 5.15 Å². The SMILES string of the molecule is CSCC(F)(P)P. The predicted molar refractivity (Wildman–Crippen MR) is 41.6 cm³/mol. The van der Waals surface area contributed by atoms with Gasteiger partial charge in [0.25, 0.3) is 0 Å². The first-order valence-corrected chi connectivity index (χ1v) is 4.37. The Morgan fingerprint density at radius 2 is 2.14 bits per heavy atom. The lowest BCUT2D eigenvalue weighted by molar-refractivity contribution is 0.447. The second-order valence-corrected chi connectivity index (χ2v) is 4.81. The normalized spacial score (nSPS) is 12.0. The van der Waals surface area contributed by atoms with E-state index in [0.717, 1.165) is 0 Å². The first-order valence-electron chi connectivity index (χ1n) is 1.82. The van der Waals surface area contributed by atoms with Crippen molar-refractivity contribution >= 4 is 30.2 Å². The van der Waals surface area contributed by atoms with Gasteiger partial charge in [0.15, 0.2) is 0 Å². The molecule has 0 aromatic rings. The summed E-state index contributed by atoms with van der Waals surface area (Å²) in [6.45, 7) is 0. The summed E-state index contributed by atoms with van der Waals surface area (Å²) in [6, 6.07) is 0. The monoisotopic (exact) mass is 158 g/mol. The van der Waals surface area contributed by atoms with Gasteiger partial charge in [-0.2, -0.15) is 11.8 Å². The molecule has 7 heavy (non-hydrogen) atoms. The molecule has 0 radical (unpaired) electrons. The fourth-order valence-electron chi connectivity index (χ4n) is 0.221. The van der Waals surface area contributed by atoms with Crippen LogP contribution in [0.1, 0.15) is 0 Å². The molecule has 0 aliphatic carbocycles. The van der Waals surface area contributed by atoms with E-state index in [9.17, 15) is 4.39 Å². The summed E-state index contributed by atoms with van der Waals surface area (Å²) in [5.74, 6) is 0.516. The summed E-state index contributed by atoms with van der Waals surface area (Å²) < 4.78 is 12.3. The zero-order valence-corrected chi connectivity index (χ0v) is 7.27. The molecule has 0 aromatic carbocycles. The Hall–Kier alpha value is 1.14. The van der Waals surface area contributed by atoms with Gasteiger partial charge in [-0.3, -0.25) is 0 Å². The molecule has 0 bridgehead atoms. The minimum atomic E-state index is -1.15. The number of thioether (sulfide) groups is 1. The molecule has 2 unspecified atom stereocenters. The van der Waals surface area contributed by atoms with Gasteiger partial charge in [-0.25, -0.2) is 4.39 Å². The quantitative estimate of drug-likeness (QED) is 0.551. The van der Waals surface area contributed by atoms with Crippen LogP contribution in [-0.4, -0.2) is 17.2 Å². The number of halogens is 1. The highest BCUT2D eigenvalue weighted by molar-refractivity contribution is 7.99. The van der Waals surface area contributed by atoms with Gasteiger partial charge in [0.2, 0.25) is 0 Å². The van der Waals surface area contributed by atoms with Crippen LogP contribution < -0.4 is 0 Å². The molecule has 0 nitrogen and oxygen atoms in total. The average Bonchev–Trinajstić information content (AvgIpc) is 1.30. The van der Waals surface area contributed by atoms with Crippen LogP contribution in [0.3, 0.4) is 0 Å². The average molecular weight is 158 g/mol. The second kappa shape index (κ2) is 3.22. The van der Waals surface area contributed by atoms with E-state index >= 15 is 0 Å². The number of hydrogen-bond acceptors (Lipinski definition) is 1. The third-order valence-corrected chi connectivity index (χ3v) is 2.10. The molecule has 0 N–H and O–H groups in total. The van der Waals surface area contributed by atoms with Crippen molar-refractivity contribution in [1.29, 1.82) is 0 Å². The van der Waals surface area contributed by atoms with E-state index in [-0.39, 0.29) is 0 Å². The lowest BCUT2D eigenvalue weighted by Crippen LogP contribution is -2.03. The Morgan fingerprint density at radius 1 is 1.71 bits per heavy atom. The zero-order valence-electron chi connectivity index (χ0n) is 4.15. The van der Waals surface area contributed by atoms with E-state index in [1.54, 1.807) is 0 Å². The predicted octanol–water partition coefficient (Wildman–Crippen LogP) is 1.72. The van der Waals surface area contributed by atoms with Crippen LogP contribution in [0.5, 0.6) is 0 Å². The third kappa shape index (κ3) is 7.14. The third-order valence-electron chi connectivity index (χ3n) is 0.366. The first kappa shape index (κ1) is 8.14. The molecule has 0 rings (SSSR count). The summed E-state index contributed by atoms with van der Waals surface area (Å²) in [6.07, 6.45) is 1.88. The van der Waals surface area contributed by atoms with Crippen molar-refractivity contribution in [3.63, 3.8) is 0 Å². The van der Waals surface area contributed by atoms with E-state index in [4.69, 9.17) is 0 Å². The molecule has 0 spiro atoms. The van der Waals surface area contributed by atoms with Gasteiger partial charge in [-0.15, -0.1) is 0 Å². The summed E-state index contributed by atoms with van der Waals surface area (Å²) in [7, 11) is 4.22. The topological polar surface area (TPSA) is 0 Å². The molecule has 0 fully saturated rings. The Labute approximate surface area is 52.4 Å². The molecular weight excluding hydrogens is 149 g/mol. The van der Waals surface area contributed by atoms with Gasteiger partial charge in [0.05, 0.1) is 0 Å². The van der Waals surface area contributed by atoms with Crippen molar-refractivity contribution in [3.05, 3.63) is 0 Å². The van der Waals surface area contributed by atoms with Crippen LogP contribution in [0, 0.1) is 0 Å². The Balaban J connectivity index is 3.15. The largest absolute Gasteiger partial charge is 0.234 e. The van der Waals surface area contributed by atoms with Crippen molar-refractivity contribution in [2.75, 3.05) is 12.0 Å². The van der Waals surface area contributed by atoms with Crippen LogP contribution in [-0.2, 0) is 0 Å². The maximum atomic E-state index is 12.3. The van der Waals surface area contributed by atoms with Gasteiger partial charge in [0.1, 0.15) is 5.15 Å². The van der Waals surface area contributed by atoms with Gasteiger partial charge < -0.3 is 0 Å². The van der Waals surface area contributed by atoms with E-state index in [0.29, 0.717) is 5.75 Å². The molecule has 0 amide bonds. The molecule has 0 aromatic heterocycles. The van der Waals surface area contributed by atoms with Crippen LogP contribution in [0.2, 0.25) is 0 Å². The van der Waals surface area contributed by atoms with Crippen molar-refractivity contribution in [2.24, 2.45) is 0 Å². The molecule has 0 saturated heterocycles. The fraction of sp³-hybridized carbons (Fsp3) is 1.00. The molecule has 44 valence electrons.